The van der Waals surface area contributed by atoms with Crippen LogP contribution in [0.3, 0.4) is 0 Å². The molecule has 0 saturated carbocycles. The number of nitrogens with one attached hydrogen (secondary N) is 2. The van der Waals surface area contributed by atoms with Crippen molar-refractivity contribution in [1.29, 1.82) is 0 Å². The summed E-state index contributed by atoms with van der Waals surface area (Å²) in [6.45, 7) is 3.69. The number of hydrogen-bond donors (Lipinski definition) is 2. The summed E-state index contributed by atoms with van der Waals surface area (Å²) in [7, 11) is -3.82. The third-order valence-corrected chi connectivity index (χ3v) is 7.54. The van der Waals surface area contributed by atoms with E-state index in [1.807, 2.05) is 19.1 Å². The lowest BCUT2D eigenvalue weighted by atomic mass is 10.2. The molecule has 0 atom stereocenters. The van der Waals surface area contributed by atoms with E-state index in [9.17, 15) is 17.6 Å². The summed E-state index contributed by atoms with van der Waals surface area (Å²) < 4.78 is 46.7. The average molecular weight is 500 g/mol. The van der Waals surface area contributed by atoms with Crippen molar-refractivity contribution >= 4 is 27.3 Å². The van der Waals surface area contributed by atoms with Gasteiger partial charge in [-0.25, -0.2) is 22.5 Å². The van der Waals surface area contributed by atoms with Gasteiger partial charge in [-0.15, -0.1) is 11.3 Å². The van der Waals surface area contributed by atoms with Gasteiger partial charge in [-0.2, -0.15) is 0 Å². The molecule has 10 heteroatoms. The number of aryl methyl sites for hydroxylation is 2. The monoisotopic (exact) mass is 499 g/mol. The van der Waals surface area contributed by atoms with Crippen LogP contribution in [0.5, 0.6) is 0 Å². The number of benzene rings is 2. The molecule has 0 spiro atoms. The van der Waals surface area contributed by atoms with Crippen LogP contribution < -0.4 is 10.0 Å². The molecule has 7 nitrogen and oxygen atoms in total. The zero-order chi connectivity index (χ0) is 24.3. The molecule has 0 unspecified atom stereocenters. The van der Waals surface area contributed by atoms with Gasteiger partial charge in [-0.1, -0.05) is 24.3 Å². The summed E-state index contributed by atoms with van der Waals surface area (Å²) in [6, 6.07) is 15.6. The largest absolute Gasteiger partial charge is 0.459 e. The maximum atomic E-state index is 13.3. The molecule has 0 bridgehead atoms. The molecule has 4 rings (SSSR count). The van der Waals surface area contributed by atoms with Crippen molar-refractivity contribution < 1.29 is 22.0 Å². The molecule has 2 N–H and O–H groups in total. The number of carbonyl (C=O) groups excluding carboxylic acids is 1. The first-order valence-corrected chi connectivity index (χ1v) is 12.7. The minimum absolute atomic E-state index is 0.0385. The van der Waals surface area contributed by atoms with E-state index in [0.29, 0.717) is 32.5 Å². The van der Waals surface area contributed by atoms with Crippen molar-refractivity contribution in [2.45, 2.75) is 31.8 Å². The second-order valence-electron chi connectivity index (χ2n) is 7.63. The predicted molar refractivity (Wildman–Crippen MR) is 127 cm³/mol. The Kier molecular flexibility index (Phi) is 6.92. The minimum Gasteiger partial charge on any atom is -0.459 e. The first-order valence-electron chi connectivity index (χ1n) is 10.4. The molecule has 0 radical (unpaired) electrons. The Morgan fingerprint density at radius 3 is 2.47 bits per heavy atom. The zero-order valence-electron chi connectivity index (χ0n) is 18.5. The van der Waals surface area contributed by atoms with E-state index in [1.54, 1.807) is 25.1 Å². The van der Waals surface area contributed by atoms with Crippen molar-refractivity contribution in [3.05, 3.63) is 93.9 Å². The molecule has 2 aromatic carbocycles. The number of carbonyl (C=O) groups is 1. The number of rotatable bonds is 8. The number of nitrogens with zero attached hydrogens (tertiary/aromatic N) is 1. The summed E-state index contributed by atoms with van der Waals surface area (Å²) in [5, 5.41) is 3.43. The molecular formula is C24H22FN3O4S2. The van der Waals surface area contributed by atoms with Crippen LogP contribution in [0.4, 0.5) is 4.39 Å². The summed E-state index contributed by atoms with van der Waals surface area (Å²) in [5.74, 6) is 0.626. The van der Waals surface area contributed by atoms with Gasteiger partial charge < -0.3 is 9.73 Å². The SMILES string of the molecule is Cc1ccc(-c2nc(C)c(C(=O)NCc3cccc(S(=O)(=O)NCc4cccc(F)c4)c3)s2)o1. The van der Waals surface area contributed by atoms with E-state index in [1.165, 1.54) is 41.7 Å². The van der Waals surface area contributed by atoms with Crippen LogP contribution in [0, 0.1) is 19.7 Å². The maximum absolute atomic E-state index is 13.3. The van der Waals surface area contributed by atoms with Gasteiger partial charge in [-0.3, -0.25) is 4.79 Å². The highest BCUT2D eigenvalue weighted by Gasteiger charge is 2.18. The second kappa shape index (κ2) is 9.88. The van der Waals surface area contributed by atoms with Crippen molar-refractivity contribution in [2.75, 3.05) is 0 Å². The van der Waals surface area contributed by atoms with Gasteiger partial charge in [0.25, 0.3) is 5.91 Å². The van der Waals surface area contributed by atoms with E-state index in [-0.39, 0.29) is 23.9 Å². The lowest BCUT2D eigenvalue weighted by Gasteiger charge is -2.09. The van der Waals surface area contributed by atoms with E-state index in [2.05, 4.69) is 15.0 Å². The molecule has 1 amide bonds. The Labute approximate surface area is 200 Å². The number of sulfonamides is 1. The molecule has 2 aromatic heterocycles. The van der Waals surface area contributed by atoms with Crippen LogP contribution in [-0.4, -0.2) is 19.3 Å². The van der Waals surface area contributed by atoms with Gasteiger partial charge in [0.05, 0.1) is 10.6 Å². The van der Waals surface area contributed by atoms with E-state index < -0.39 is 15.8 Å². The highest BCUT2D eigenvalue weighted by molar-refractivity contribution is 7.89. The number of aromatic nitrogens is 1. The van der Waals surface area contributed by atoms with E-state index >= 15 is 0 Å². The molecule has 4 aromatic rings. The molecule has 0 aliphatic heterocycles. The average Bonchev–Trinajstić information content (AvgIpc) is 3.42. The van der Waals surface area contributed by atoms with E-state index in [4.69, 9.17) is 4.42 Å². The number of furan rings is 1. The van der Waals surface area contributed by atoms with Crippen molar-refractivity contribution in [3.8, 4) is 10.8 Å². The Balaban J connectivity index is 1.41. The van der Waals surface area contributed by atoms with Crippen molar-refractivity contribution in [1.82, 2.24) is 15.0 Å². The van der Waals surface area contributed by atoms with Crippen LogP contribution in [0.1, 0.15) is 32.3 Å². The number of halogens is 1. The van der Waals surface area contributed by atoms with Gasteiger partial charge >= 0.3 is 0 Å². The second-order valence-corrected chi connectivity index (χ2v) is 10.4. The van der Waals surface area contributed by atoms with Crippen LogP contribution in [0.25, 0.3) is 10.8 Å². The normalized spacial score (nSPS) is 11.5. The first kappa shape index (κ1) is 23.8. The third-order valence-electron chi connectivity index (χ3n) is 4.97. The molecule has 0 aliphatic carbocycles. The number of thiazole rings is 1. The maximum Gasteiger partial charge on any atom is 0.263 e. The third kappa shape index (κ3) is 5.58. The van der Waals surface area contributed by atoms with Gasteiger partial charge in [0.1, 0.15) is 16.5 Å². The lowest BCUT2D eigenvalue weighted by molar-refractivity contribution is 0.0954. The standard InChI is InChI=1S/C24H22FN3O4S2/c1-15-9-10-21(32-15)24-28-16(2)22(33-24)23(29)26-13-18-6-4-8-20(12-18)34(30,31)27-14-17-5-3-7-19(25)11-17/h3-12,27H,13-14H2,1-2H3,(H,26,29). The smallest absolute Gasteiger partial charge is 0.263 e. The van der Waals surface area contributed by atoms with Gasteiger partial charge in [0, 0.05) is 13.1 Å². The summed E-state index contributed by atoms with van der Waals surface area (Å²) >= 11 is 1.23. The molecule has 176 valence electrons. The van der Waals surface area contributed by atoms with Crippen LogP contribution in [0.15, 0.2) is 70.0 Å². The number of hydrogen-bond acceptors (Lipinski definition) is 6. The molecule has 0 fully saturated rings. The molecular weight excluding hydrogens is 477 g/mol. The van der Waals surface area contributed by atoms with Crippen molar-refractivity contribution in [3.63, 3.8) is 0 Å². The summed E-state index contributed by atoms with van der Waals surface area (Å²) in [6.07, 6.45) is 0. The summed E-state index contributed by atoms with van der Waals surface area (Å²) in [4.78, 5) is 17.7. The molecule has 0 saturated heterocycles. The van der Waals surface area contributed by atoms with Crippen molar-refractivity contribution in [2.24, 2.45) is 0 Å². The summed E-state index contributed by atoms with van der Waals surface area (Å²) in [5.41, 5.74) is 1.71. The Morgan fingerprint density at radius 1 is 1.03 bits per heavy atom. The Bertz CT molecular complexity index is 1440. The highest BCUT2D eigenvalue weighted by Crippen LogP contribution is 2.29. The fourth-order valence-corrected chi connectivity index (χ4v) is 5.29. The first-order chi connectivity index (χ1) is 16.2. The molecule has 34 heavy (non-hydrogen) atoms. The topological polar surface area (TPSA) is 101 Å². The highest BCUT2D eigenvalue weighted by atomic mass is 32.2. The van der Waals surface area contributed by atoms with Crippen LogP contribution >= 0.6 is 11.3 Å². The fourth-order valence-electron chi connectivity index (χ4n) is 3.26. The zero-order valence-corrected chi connectivity index (χ0v) is 20.1. The van der Waals surface area contributed by atoms with Gasteiger partial charge in [-0.05, 0) is 61.4 Å². The minimum atomic E-state index is -3.82. The quantitative estimate of drug-likeness (QED) is 0.370. The van der Waals surface area contributed by atoms with E-state index in [0.717, 1.165) is 5.76 Å². The molecule has 0 aliphatic rings. The Hall–Kier alpha value is -3.34. The number of amides is 1. The van der Waals surface area contributed by atoms with Crippen LogP contribution in [-0.2, 0) is 23.1 Å². The Morgan fingerprint density at radius 2 is 1.76 bits per heavy atom. The predicted octanol–water partition coefficient (Wildman–Crippen LogP) is 4.57. The van der Waals surface area contributed by atoms with Crippen LogP contribution in [0.2, 0.25) is 0 Å². The lowest BCUT2D eigenvalue weighted by Crippen LogP contribution is -2.24. The van der Waals surface area contributed by atoms with Gasteiger partial charge in [0.2, 0.25) is 10.0 Å². The van der Waals surface area contributed by atoms with Gasteiger partial charge in [0.15, 0.2) is 10.8 Å². The molecule has 2 heterocycles. The fraction of sp³-hybridized carbons (Fsp3) is 0.167.